The van der Waals surface area contributed by atoms with Crippen molar-refractivity contribution in [3.05, 3.63) is 23.7 Å². The molecule has 0 radical (unpaired) electrons. The minimum atomic E-state index is -2.02. The van der Waals surface area contributed by atoms with Crippen LogP contribution in [0.2, 0.25) is 0 Å². The van der Waals surface area contributed by atoms with Crippen molar-refractivity contribution in [3.8, 4) is 0 Å². The van der Waals surface area contributed by atoms with Gasteiger partial charge < -0.3 is 20.4 Å². The monoisotopic (exact) mass is 144 g/mol. The molecule has 0 aromatic heterocycles. The molecule has 0 heterocycles. The molecule has 0 atom stereocenters. The maximum atomic E-state index is 8.83. The lowest BCUT2D eigenvalue weighted by Gasteiger charge is -2.20. The predicted molar refractivity (Wildman–Crippen MR) is 33.2 cm³/mol. The van der Waals surface area contributed by atoms with E-state index in [0.717, 1.165) is 12.2 Å². The van der Waals surface area contributed by atoms with Gasteiger partial charge in [-0.1, -0.05) is 0 Å². The van der Waals surface area contributed by atoms with Crippen molar-refractivity contribution in [3.63, 3.8) is 0 Å². The standard InChI is InChI=1S/C6H8O4/c7-4-1-2-6(9,10)3-5(4)8/h1-2,7-10H,3H2. The molecule has 4 heteroatoms. The van der Waals surface area contributed by atoms with Crippen LogP contribution in [0.4, 0.5) is 0 Å². The Morgan fingerprint density at radius 3 is 2.30 bits per heavy atom. The molecule has 0 amide bonds. The normalized spacial score (nSPS) is 23.4. The molecule has 0 saturated heterocycles. The zero-order valence-corrected chi connectivity index (χ0v) is 5.15. The zero-order valence-electron chi connectivity index (χ0n) is 5.15. The molecule has 4 nitrogen and oxygen atoms in total. The Morgan fingerprint density at radius 2 is 1.90 bits per heavy atom. The number of hydrogen-bond donors (Lipinski definition) is 4. The van der Waals surface area contributed by atoms with Gasteiger partial charge in [-0.3, -0.25) is 0 Å². The first-order valence-corrected chi connectivity index (χ1v) is 2.76. The fourth-order valence-corrected chi connectivity index (χ4v) is 0.705. The highest BCUT2D eigenvalue weighted by Gasteiger charge is 2.26. The van der Waals surface area contributed by atoms with Crippen LogP contribution >= 0.6 is 0 Å². The minimum absolute atomic E-state index is 0.321. The fraction of sp³-hybridized carbons (Fsp3) is 0.333. The summed E-state index contributed by atoms with van der Waals surface area (Å²) in [6.45, 7) is 0. The quantitative estimate of drug-likeness (QED) is 0.359. The summed E-state index contributed by atoms with van der Waals surface area (Å²) in [5.74, 6) is -2.75. The average Bonchev–Trinajstić information content (AvgIpc) is 1.79. The van der Waals surface area contributed by atoms with Crippen LogP contribution < -0.4 is 0 Å². The molecule has 4 N–H and O–H groups in total. The van der Waals surface area contributed by atoms with E-state index < -0.39 is 11.5 Å². The van der Waals surface area contributed by atoms with Crippen molar-refractivity contribution >= 4 is 0 Å². The number of aliphatic hydroxyl groups excluding tert-OH is 2. The summed E-state index contributed by atoms with van der Waals surface area (Å²) in [4.78, 5) is 0. The minimum Gasteiger partial charge on any atom is -0.508 e. The van der Waals surface area contributed by atoms with Crippen LogP contribution in [0.3, 0.4) is 0 Å². The number of allylic oxidation sites excluding steroid dienone is 1. The summed E-state index contributed by atoms with van der Waals surface area (Å²) < 4.78 is 0. The van der Waals surface area contributed by atoms with E-state index in [1.807, 2.05) is 0 Å². The van der Waals surface area contributed by atoms with E-state index in [2.05, 4.69) is 0 Å². The second kappa shape index (κ2) is 2.00. The van der Waals surface area contributed by atoms with E-state index in [-0.39, 0.29) is 12.2 Å². The maximum Gasteiger partial charge on any atom is 0.190 e. The third-order valence-electron chi connectivity index (χ3n) is 1.23. The summed E-state index contributed by atoms with van der Waals surface area (Å²) in [6.07, 6.45) is 1.68. The Kier molecular flexibility index (Phi) is 1.42. The van der Waals surface area contributed by atoms with Crippen LogP contribution in [0, 0.1) is 0 Å². The molecule has 0 unspecified atom stereocenters. The summed E-state index contributed by atoms with van der Waals surface area (Å²) in [7, 11) is 0. The van der Waals surface area contributed by atoms with E-state index in [1.165, 1.54) is 0 Å². The molecule has 0 bridgehead atoms. The Bertz CT molecular complexity index is 202. The Morgan fingerprint density at radius 1 is 1.30 bits per heavy atom. The van der Waals surface area contributed by atoms with Crippen LogP contribution in [0.25, 0.3) is 0 Å². The van der Waals surface area contributed by atoms with Gasteiger partial charge in [-0.05, 0) is 12.2 Å². The first kappa shape index (κ1) is 7.11. The number of aliphatic hydroxyl groups is 4. The van der Waals surface area contributed by atoms with Gasteiger partial charge in [0.2, 0.25) is 0 Å². The molecule has 0 aliphatic heterocycles. The average molecular weight is 144 g/mol. The highest BCUT2D eigenvalue weighted by atomic mass is 16.5. The van der Waals surface area contributed by atoms with E-state index >= 15 is 0 Å². The molecule has 0 aromatic rings. The molecule has 0 aromatic carbocycles. The molecular weight excluding hydrogens is 136 g/mol. The molecule has 0 saturated carbocycles. The van der Waals surface area contributed by atoms with Crippen molar-refractivity contribution in [1.82, 2.24) is 0 Å². The fourth-order valence-electron chi connectivity index (χ4n) is 0.705. The number of rotatable bonds is 0. The van der Waals surface area contributed by atoms with E-state index in [1.54, 1.807) is 0 Å². The van der Waals surface area contributed by atoms with Crippen LogP contribution in [0.1, 0.15) is 6.42 Å². The van der Waals surface area contributed by atoms with Crippen molar-refractivity contribution in [2.24, 2.45) is 0 Å². The van der Waals surface area contributed by atoms with Gasteiger partial charge in [0.15, 0.2) is 11.5 Å². The molecule has 1 aliphatic rings. The van der Waals surface area contributed by atoms with Crippen LogP contribution in [0.15, 0.2) is 23.7 Å². The van der Waals surface area contributed by atoms with E-state index in [9.17, 15) is 0 Å². The van der Waals surface area contributed by atoms with Crippen molar-refractivity contribution < 1.29 is 20.4 Å². The van der Waals surface area contributed by atoms with Gasteiger partial charge in [-0.2, -0.15) is 0 Å². The lowest BCUT2D eigenvalue weighted by Crippen LogP contribution is -2.28. The van der Waals surface area contributed by atoms with Gasteiger partial charge in [0.25, 0.3) is 0 Å². The SMILES string of the molecule is OC1=C(O)CC(O)(O)C=C1. The van der Waals surface area contributed by atoms with Gasteiger partial charge in [-0.15, -0.1) is 0 Å². The summed E-state index contributed by atoms with van der Waals surface area (Å²) in [5.41, 5.74) is 0. The van der Waals surface area contributed by atoms with Gasteiger partial charge in [0.05, 0.1) is 6.42 Å². The second-order valence-electron chi connectivity index (χ2n) is 2.22. The summed E-state index contributed by atoms with van der Waals surface area (Å²) >= 11 is 0. The largest absolute Gasteiger partial charge is 0.508 e. The van der Waals surface area contributed by atoms with Crippen molar-refractivity contribution in [2.45, 2.75) is 12.2 Å². The number of hydrogen-bond acceptors (Lipinski definition) is 4. The Balaban J connectivity index is 2.85. The van der Waals surface area contributed by atoms with Crippen LogP contribution in [-0.2, 0) is 0 Å². The first-order chi connectivity index (χ1) is 4.51. The van der Waals surface area contributed by atoms with Crippen molar-refractivity contribution in [2.75, 3.05) is 0 Å². The molecular formula is C6H8O4. The summed E-state index contributed by atoms with van der Waals surface area (Å²) in [5, 5.41) is 35.2. The second-order valence-corrected chi connectivity index (χ2v) is 2.22. The van der Waals surface area contributed by atoms with Crippen molar-refractivity contribution in [1.29, 1.82) is 0 Å². The van der Waals surface area contributed by atoms with E-state index in [4.69, 9.17) is 20.4 Å². The van der Waals surface area contributed by atoms with Crippen LogP contribution in [-0.4, -0.2) is 26.2 Å². The lowest BCUT2D eigenvalue weighted by atomic mass is 10.1. The highest BCUT2D eigenvalue weighted by molar-refractivity contribution is 5.23. The highest BCUT2D eigenvalue weighted by Crippen LogP contribution is 2.21. The predicted octanol–water partition coefficient (Wildman–Crippen LogP) is -0.0452. The Hall–Kier alpha value is -1.00. The third kappa shape index (κ3) is 1.29. The van der Waals surface area contributed by atoms with E-state index in [0.29, 0.717) is 0 Å². The molecule has 56 valence electrons. The van der Waals surface area contributed by atoms with Gasteiger partial charge >= 0.3 is 0 Å². The zero-order chi connectivity index (χ0) is 7.78. The Labute approximate surface area is 57.4 Å². The molecule has 1 aliphatic carbocycles. The topological polar surface area (TPSA) is 80.9 Å². The van der Waals surface area contributed by atoms with Gasteiger partial charge in [-0.25, -0.2) is 0 Å². The molecule has 0 spiro atoms. The molecule has 0 fully saturated rings. The lowest BCUT2D eigenvalue weighted by molar-refractivity contribution is -0.123. The molecule has 10 heavy (non-hydrogen) atoms. The smallest absolute Gasteiger partial charge is 0.190 e. The van der Waals surface area contributed by atoms with Crippen LogP contribution in [0.5, 0.6) is 0 Å². The molecule has 1 rings (SSSR count). The van der Waals surface area contributed by atoms with Gasteiger partial charge in [0, 0.05) is 0 Å². The third-order valence-corrected chi connectivity index (χ3v) is 1.23. The first-order valence-electron chi connectivity index (χ1n) is 2.76. The summed E-state index contributed by atoms with van der Waals surface area (Å²) in [6, 6.07) is 0. The van der Waals surface area contributed by atoms with Gasteiger partial charge in [0.1, 0.15) is 5.76 Å². The maximum absolute atomic E-state index is 8.83.